The van der Waals surface area contributed by atoms with Gasteiger partial charge in [0, 0.05) is 5.56 Å². The number of hydrogen-bond donors (Lipinski definition) is 0. The van der Waals surface area contributed by atoms with Crippen LogP contribution in [0.3, 0.4) is 0 Å². The minimum Gasteiger partial charge on any atom is -0.115 e. The maximum atomic E-state index is 5.39. The Morgan fingerprint density at radius 2 is 2.17 bits per heavy atom. The Morgan fingerprint density at radius 1 is 1.42 bits per heavy atom. The van der Waals surface area contributed by atoms with Crippen LogP contribution in [0.5, 0.6) is 0 Å². The Hall–Kier alpha value is -1.22. The highest BCUT2D eigenvalue weighted by Gasteiger charge is 2.02. The van der Waals surface area contributed by atoms with E-state index >= 15 is 0 Å². The van der Waals surface area contributed by atoms with Gasteiger partial charge in [-0.25, -0.2) is 0 Å². The second-order valence-electron chi connectivity index (χ2n) is 2.70. The molecule has 12 heavy (non-hydrogen) atoms. The van der Waals surface area contributed by atoms with E-state index in [2.05, 4.69) is 25.8 Å². The Labute approximate surface area is 74.6 Å². The van der Waals surface area contributed by atoms with Gasteiger partial charge >= 0.3 is 0 Å². The second kappa shape index (κ2) is 3.97. The van der Waals surface area contributed by atoms with Gasteiger partial charge in [-0.15, -0.1) is 6.42 Å². The SMILES string of the molecule is C#Cc1cc[c]c(CC)c1CC. The molecule has 61 valence electrons. The molecule has 0 saturated carbocycles. The molecule has 0 spiro atoms. The van der Waals surface area contributed by atoms with E-state index < -0.39 is 0 Å². The van der Waals surface area contributed by atoms with Gasteiger partial charge in [0.2, 0.25) is 0 Å². The van der Waals surface area contributed by atoms with Gasteiger partial charge in [0.15, 0.2) is 0 Å². The van der Waals surface area contributed by atoms with Crippen LogP contribution >= 0.6 is 0 Å². The summed E-state index contributed by atoms with van der Waals surface area (Å²) in [6, 6.07) is 7.08. The predicted octanol–water partition coefficient (Wildman–Crippen LogP) is 2.59. The molecule has 0 heterocycles. The van der Waals surface area contributed by atoms with Crippen LogP contribution in [0.15, 0.2) is 12.1 Å². The van der Waals surface area contributed by atoms with E-state index in [9.17, 15) is 0 Å². The van der Waals surface area contributed by atoms with Crippen molar-refractivity contribution in [2.75, 3.05) is 0 Å². The number of rotatable bonds is 2. The molecule has 0 unspecified atom stereocenters. The van der Waals surface area contributed by atoms with Crippen molar-refractivity contribution < 1.29 is 0 Å². The molecule has 1 aromatic rings. The first-order valence-corrected chi connectivity index (χ1v) is 4.32. The maximum absolute atomic E-state index is 5.39. The van der Waals surface area contributed by atoms with Crippen molar-refractivity contribution in [3.05, 3.63) is 34.9 Å². The second-order valence-corrected chi connectivity index (χ2v) is 2.70. The predicted molar refractivity (Wildman–Crippen MR) is 52.0 cm³/mol. The third-order valence-electron chi connectivity index (χ3n) is 2.06. The molecule has 0 aromatic heterocycles. The van der Waals surface area contributed by atoms with E-state index in [0.717, 1.165) is 18.4 Å². The van der Waals surface area contributed by atoms with Gasteiger partial charge in [-0.3, -0.25) is 0 Å². The first-order chi connectivity index (χ1) is 5.83. The quantitative estimate of drug-likeness (QED) is 0.579. The van der Waals surface area contributed by atoms with E-state index in [1.54, 1.807) is 0 Å². The van der Waals surface area contributed by atoms with Gasteiger partial charge in [-0.05, 0) is 36.1 Å². The zero-order valence-corrected chi connectivity index (χ0v) is 7.65. The van der Waals surface area contributed by atoms with Crippen LogP contribution in [0, 0.1) is 18.4 Å². The Kier molecular flexibility index (Phi) is 2.94. The summed E-state index contributed by atoms with van der Waals surface area (Å²) in [5, 5.41) is 0. The third kappa shape index (κ3) is 1.51. The molecular weight excluding hydrogens is 144 g/mol. The zero-order chi connectivity index (χ0) is 8.97. The maximum Gasteiger partial charge on any atom is 0.0277 e. The van der Waals surface area contributed by atoms with E-state index in [4.69, 9.17) is 6.42 Å². The summed E-state index contributed by atoms with van der Waals surface area (Å²) >= 11 is 0. The molecule has 0 heteroatoms. The summed E-state index contributed by atoms with van der Waals surface area (Å²) in [4.78, 5) is 0. The Balaban J connectivity index is 3.24. The average Bonchev–Trinajstić information content (AvgIpc) is 2.16. The molecule has 0 nitrogen and oxygen atoms in total. The highest BCUT2D eigenvalue weighted by Crippen LogP contribution is 2.14. The van der Waals surface area contributed by atoms with Gasteiger partial charge in [0.1, 0.15) is 0 Å². The number of aryl methyl sites for hydroxylation is 1. The fourth-order valence-corrected chi connectivity index (χ4v) is 1.43. The number of benzene rings is 1. The van der Waals surface area contributed by atoms with Crippen molar-refractivity contribution in [2.24, 2.45) is 0 Å². The van der Waals surface area contributed by atoms with Crippen LogP contribution in [0.4, 0.5) is 0 Å². The molecule has 0 saturated heterocycles. The van der Waals surface area contributed by atoms with E-state index in [0.29, 0.717) is 0 Å². The molecule has 0 N–H and O–H groups in total. The minimum absolute atomic E-state index is 1.00. The average molecular weight is 157 g/mol. The summed E-state index contributed by atoms with van der Waals surface area (Å²) in [7, 11) is 0. The van der Waals surface area contributed by atoms with Crippen molar-refractivity contribution in [2.45, 2.75) is 26.7 Å². The summed E-state index contributed by atoms with van der Waals surface area (Å²) in [5.74, 6) is 2.70. The van der Waals surface area contributed by atoms with E-state index in [1.807, 2.05) is 12.1 Å². The lowest BCUT2D eigenvalue weighted by Crippen LogP contribution is -1.94. The number of hydrogen-bond acceptors (Lipinski definition) is 0. The van der Waals surface area contributed by atoms with Crippen LogP contribution in [-0.2, 0) is 12.8 Å². The standard InChI is InChI=1S/C12H13/c1-4-10-8-7-9-11(5-2)12(10)6-3/h1,7-8H,5-6H2,2-3H3. The fourth-order valence-electron chi connectivity index (χ4n) is 1.43. The van der Waals surface area contributed by atoms with Gasteiger partial charge < -0.3 is 0 Å². The Morgan fingerprint density at radius 3 is 2.67 bits per heavy atom. The lowest BCUT2D eigenvalue weighted by molar-refractivity contribution is 1.03. The van der Waals surface area contributed by atoms with Gasteiger partial charge in [0.05, 0.1) is 0 Å². The van der Waals surface area contributed by atoms with Crippen molar-refractivity contribution in [1.82, 2.24) is 0 Å². The molecule has 1 rings (SSSR count). The van der Waals surface area contributed by atoms with E-state index in [-0.39, 0.29) is 0 Å². The van der Waals surface area contributed by atoms with Gasteiger partial charge in [-0.1, -0.05) is 25.8 Å². The smallest absolute Gasteiger partial charge is 0.0277 e. The highest BCUT2D eigenvalue weighted by molar-refractivity contribution is 5.44. The first-order valence-electron chi connectivity index (χ1n) is 4.32. The normalized spacial score (nSPS) is 9.42. The van der Waals surface area contributed by atoms with Crippen molar-refractivity contribution in [3.63, 3.8) is 0 Å². The third-order valence-corrected chi connectivity index (χ3v) is 2.06. The summed E-state index contributed by atoms with van der Waals surface area (Å²) in [6.45, 7) is 4.26. The van der Waals surface area contributed by atoms with Crippen LogP contribution in [-0.4, -0.2) is 0 Å². The van der Waals surface area contributed by atoms with Crippen LogP contribution in [0.2, 0.25) is 0 Å². The van der Waals surface area contributed by atoms with E-state index in [1.165, 1.54) is 11.1 Å². The lowest BCUT2D eigenvalue weighted by atomic mass is 9.98. The van der Waals surface area contributed by atoms with Crippen LogP contribution in [0.1, 0.15) is 30.5 Å². The van der Waals surface area contributed by atoms with Gasteiger partial charge in [-0.2, -0.15) is 0 Å². The molecular formula is C12H13. The van der Waals surface area contributed by atoms with Gasteiger partial charge in [0.25, 0.3) is 0 Å². The molecule has 0 aliphatic heterocycles. The molecule has 0 aliphatic rings. The summed E-state index contributed by atoms with van der Waals surface area (Å²) < 4.78 is 0. The van der Waals surface area contributed by atoms with Crippen molar-refractivity contribution in [1.29, 1.82) is 0 Å². The summed E-state index contributed by atoms with van der Waals surface area (Å²) in [6.07, 6.45) is 7.40. The minimum atomic E-state index is 1.00. The Bertz CT molecular complexity index is 302. The molecule has 1 aromatic carbocycles. The molecule has 0 bridgehead atoms. The largest absolute Gasteiger partial charge is 0.115 e. The molecule has 0 atom stereocenters. The zero-order valence-electron chi connectivity index (χ0n) is 7.65. The lowest BCUT2D eigenvalue weighted by Gasteiger charge is -2.06. The molecule has 1 radical (unpaired) electrons. The van der Waals surface area contributed by atoms with Crippen molar-refractivity contribution in [3.8, 4) is 12.3 Å². The van der Waals surface area contributed by atoms with Crippen LogP contribution in [0.25, 0.3) is 0 Å². The molecule has 0 aliphatic carbocycles. The highest BCUT2D eigenvalue weighted by atomic mass is 14.1. The number of terminal acetylenes is 1. The molecule has 0 fully saturated rings. The first kappa shape index (κ1) is 8.87. The van der Waals surface area contributed by atoms with Crippen LogP contribution < -0.4 is 0 Å². The fraction of sp³-hybridized carbons (Fsp3) is 0.333. The van der Waals surface area contributed by atoms with Crippen molar-refractivity contribution >= 4 is 0 Å². The summed E-state index contributed by atoms with van der Waals surface area (Å²) in [5.41, 5.74) is 3.56. The monoisotopic (exact) mass is 157 g/mol. The molecule has 0 amide bonds. The topological polar surface area (TPSA) is 0 Å².